The molecule has 8 heteroatoms. The van der Waals surface area contributed by atoms with Crippen LogP contribution in [-0.4, -0.2) is 18.2 Å². The molecule has 1 aliphatic rings. The monoisotopic (exact) mass is 519 g/mol. The Bertz CT molecular complexity index is 1760. The summed E-state index contributed by atoms with van der Waals surface area (Å²) < 4.78 is 17.2. The normalized spacial score (nSPS) is 13.6. The van der Waals surface area contributed by atoms with Crippen LogP contribution in [0.15, 0.2) is 85.2 Å². The average Bonchev–Trinajstić information content (AvgIpc) is 2.87. The van der Waals surface area contributed by atoms with Gasteiger partial charge in [-0.15, -0.1) is 0 Å². The zero-order chi connectivity index (χ0) is 24.8. The lowest BCUT2D eigenvalue weighted by molar-refractivity contribution is 0.0968. The molecule has 0 aliphatic carbocycles. The van der Waals surface area contributed by atoms with Crippen molar-refractivity contribution in [3.05, 3.63) is 109 Å². The number of halogens is 2. The first-order chi connectivity index (χ1) is 17.5. The first kappa shape index (κ1) is 22.9. The molecule has 6 rings (SSSR count). The highest BCUT2D eigenvalue weighted by Gasteiger charge is 2.24. The average molecular weight is 520 g/mol. The molecule has 0 amide bonds. The maximum atomic E-state index is 12.9. The van der Waals surface area contributed by atoms with Crippen LogP contribution in [0.5, 0.6) is 5.75 Å². The summed E-state index contributed by atoms with van der Waals surface area (Å²) in [5.41, 5.74) is 2.20. The summed E-state index contributed by atoms with van der Waals surface area (Å²) in [5, 5.41) is 2.53. The summed E-state index contributed by atoms with van der Waals surface area (Å²) >= 11 is 12.4. The molecule has 0 spiro atoms. The van der Waals surface area contributed by atoms with E-state index in [0.717, 1.165) is 22.6 Å². The van der Waals surface area contributed by atoms with Crippen LogP contribution in [0, 0.1) is 0 Å². The third-order valence-corrected chi connectivity index (χ3v) is 7.00. The van der Waals surface area contributed by atoms with Crippen molar-refractivity contribution in [1.82, 2.24) is 4.90 Å². The molecule has 3 heterocycles. The van der Waals surface area contributed by atoms with Crippen molar-refractivity contribution in [1.29, 1.82) is 0 Å². The molecule has 1 aliphatic heterocycles. The topological polar surface area (TPSA) is 72.9 Å². The van der Waals surface area contributed by atoms with Gasteiger partial charge in [0.1, 0.15) is 23.6 Å². The van der Waals surface area contributed by atoms with Crippen molar-refractivity contribution >= 4 is 45.1 Å². The summed E-state index contributed by atoms with van der Waals surface area (Å²) in [5.74, 6) is 0.647. The second kappa shape index (κ2) is 9.13. The molecule has 36 heavy (non-hydrogen) atoms. The second-order valence-electron chi connectivity index (χ2n) is 8.70. The van der Waals surface area contributed by atoms with Crippen LogP contribution in [0.3, 0.4) is 0 Å². The number of hydrogen-bond acceptors (Lipinski definition) is 6. The van der Waals surface area contributed by atoms with Crippen molar-refractivity contribution in [3.8, 4) is 16.9 Å². The van der Waals surface area contributed by atoms with Gasteiger partial charge in [0.15, 0.2) is 0 Å². The van der Waals surface area contributed by atoms with Crippen LogP contribution in [0.2, 0.25) is 10.0 Å². The highest BCUT2D eigenvalue weighted by atomic mass is 35.5. The number of benzene rings is 3. The molecule has 0 atom stereocenters. The quantitative estimate of drug-likeness (QED) is 0.260. The van der Waals surface area contributed by atoms with E-state index in [-0.39, 0.29) is 5.56 Å². The van der Waals surface area contributed by atoms with E-state index >= 15 is 0 Å². The van der Waals surface area contributed by atoms with Gasteiger partial charge < -0.3 is 13.6 Å². The van der Waals surface area contributed by atoms with Crippen LogP contribution >= 0.6 is 23.2 Å². The SMILES string of the molecule is O=c1cc(-c2cc3cc(Cl)ccc3oc2=O)c2ccc3c(c2o1)CN(CCc1ccccc1Cl)CO3. The minimum atomic E-state index is -0.565. The van der Waals surface area contributed by atoms with E-state index in [1.165, 1.54) is 6.07 Å². The van der Waals surface area contributed by atoms with Gasteiger partial charge >= 0.3 is 11.3 Å². The summed E-state index contributed by atoms with van der Waals surface area (Å²) in [6, 6.07) is 19.4. The third-order valence-electron chi connectivity index (χ3n) is 6.40. The zero-order valence-corrected chi connectivity index (χ0v) is 20.4. The molecular weight excluding hydrogens is 501 g/mol. The van der Waals surface area contributed by atoms with E-state index in [4.69, 9.17) is 36.8 Å². The minimum Gasteiger partial charge on any atom is -0.478 e. The Hall–Kier alpha value is -3.58. The first-order valence-corrected chi connectivity index (χ1v) is 12.1. The summed E-state index contributed by atoms with van der Waals surface area (Å²) in [6.07, 6.45) is 0.749. The van der Waals surface area contributed by atoms with Gasteiger partial charge in [-0.05, 0) is 54.4 Å². The summed E-state index contributed by atoms with van der Waals surface area (Å²) in [7, 11) is 0. The molecule has 0 saturated carbocycles. The Kier molecular flexibility index (Phi) is 5.80. The highest BCUT2D eigenvalue weighted by Crippen LogP contribution is 2.36. The van der Waals surface area contributed by atoms with Gasteiger partial charge in [-0.1, -0.05) is 41.4 Å². The number of rotatable bonds is 4. The predicted octanol–water partition coefficient (Wildman–Crippen LogP) is 6.27. The highest BCUT2D eigenvalue weighted by molar-refractivity contribution is 6.31. The van der Waals surface area contributed by atoms with Crippen molar-refractivity contribution in [2.75, 3.05) is 13.3 Å². The number of fused-ring (bicyclic) bond motifs is 4. The van der Waals surface area contributed by atoms with E-state index in [9.17, 15) is 9.59 Å². The molecule has 0 unspecified atom stereocenters. The Balaban J connectivity index is 1.41. The molecule has 180 valence electrons. The van der Waals surface area contributed by atoms with E-state index in [2.05, 4.69) is 4.90 Å². The molecule has 0 saturated heterocycles. The van der Waals surface area contributed by atoms with Crippen LogP contribution in [0.1, 0.15) is 11.1 Å². The minimum absolute atomic E-state index is 0.259. The zero-order valence-electron chi connectivity index (χ0n) is 18.9. The standard InChI is InChI=1S/C28H19Cl2NO5/c29-18-5-7-24-17(11-18)12-21(28(33)35-24)20-13-26(32)36-27-19(20)6-8-25-22(27)14-31(15-34-25)10-9-16-3-1-2-4-23(16)30/h1-8,11-13H,9-10,14-15H2. The predicted molar refractivity (Wildman–Crippen MR) is 140 cm³/mol. The van der Waals surface area contributed by atoms with E-state index in [0.29, 0.717) is 58.1 Å². The van der Waals surface area contributed by atoms with Crippen LogP contribution < -0.4 is 16.0 Å². The van der Waals surface area contributed by atoms with Gasteiger partial charge in [-0.25, -0.2) is 9.59 Å². The molecule has 0 fully saturated rings. The number of hydrogen-bond donors (Lipinski definition) is 0. The fraction of sp³-hybridized carbons (Fsp3) is 0.143. The largest absolute Gasteiger partial charge is 0.478 e. The van der Waals surface area contributed by atoms with Gasteiger partial charge in [-0.2, -0.15) is 0 Å². The van der Waals surface area contributed by atoms with Crippen molar-refractivity contribution in [3.63, 3.8) is 0 Å². The van der Waals surface area contributed by atoms with Crippen LogP contribution in [0.25, 0.3) is 33.1 Å². The lowest BCUT2D eigenvalue weighted by atomic mass is 9.99. The van der Waals surface area contributed by atoms with Crippen LogP contribution in [-0.2, 0) is 13.0 Å². The van der Waals surface area contributed by atoms with Crippen LogP contribution in [0.4, 0.5) is 0 Å². The molecule has 2 aromatic heterocycles. The summed E-state index contributed by atoms with van der Waals surface area (Å²) in [6.45, 7) is 1.63. The second-order valence-corrected chi connectivity index (χ2v) is 9.54. The Morgan fingerprint density at radius 1 is 0.889 bits per heavy atom. The maximum Gasteiger partial charge on any atom is 0.344 e. The van der Waals surface area contributed by atoms with Gasteiger partial charge in [-0.3, -0.25) is 4.90 Å². The maximum absolute atomic E-state index is 12.9. The number of nitrogens with zero attached hydrogens (tertiary/aromatic N) is 1. The molecule has 6 nitrogen and oxygen atoms in total. The van der Waals surface area contributed by atoms with Crippen molar-refractivity contribution in [2.24, 2.45) is 0 Å². The Morgan fingerprint density at radius 2 is 1.75 bits per heavy atom. The number of ether oxygens (including phenoxy) is 1. The third kappa shape index (κ3) is 4.17. The lowest BCUT2D eigenvalue weighted by Gasteiger charge is -2.29. The molecule has 0 N–H and O–H groups in total. The van der Waals surface area contributed by atoms with Crippen molar-refractivity contribution in [2.45, 2.75) is 13.0 Å². The van der Waals surface area contributed by atoms with Crippen molar-refractivity contribution < 1.29 is 13.6 Å². The Morgan fingerprint density at radius 3 is 2.61 bits per heavy atom. The van der Waals surface area contributed by atoms with E-state index < -0.39 is 11.3 Å². The van der Waals surface area contributed by atoms with E-state index in [1.54, 1.807) is 30.3 Å². The smallest absolute Gasteiger partial charge is 0.344 e. The Labute approximate surface area is 215 Å². The lowest BCUT2D eigenvalue weighted by Crippen LogP contribution is -2.33. The fourth-order valence-electron chi connectivity index (χ4n) is 4.61. The van der Waals surface area contributed by atoms with Gasteiger partial charge in [0, 0.05) is 45.5 Å². The molecule has 0 bridgehead atoms. The fourth-order valence-corrected chi connectivity index (χ4v) is 5.02. The molecule has 0 radical (unpaired) electrons. The molecule has 5 aromatic rings. The first-order valence-electron chi connectivity index (χ1n) is 11.4. The van der Waals surface area contributed by atoms with Gasteiger partial charge in [0.05, 0.1) is 11.1 Å². The van der Waals surface area contributed by atoms with Gasteiger partial charge in [0.2, 0.25) is 0 Å². The molecular formula is C28H19Cl2NO5. The van der Waals surface area contributed by atoms with E-state index in [1.807, 2.05) is 30.3 Å². The summed E-state index contributed by atoms with van der Waals surface area (Å²) in [4.78, 5) is 27.6. The van der Waals surface area contributed by atoms with Gasteiger partial charge in [0.25, 0.3) is 0 Å². The molecule has 3 aromatic carbocycles.